The van der Waals surface area contributed by atoms with Crippen molar-refractivity contribution in [1.82, 2.24) is 25.2 Å². The minimum atomic E-state index is -0.332. The molecular formula is C25H29FN6O3S. The van der Waals surface area contributed by atoms with E-state index in [1.54, 1.807) is 19.2 Å². The second kappa shape index (κ2) is 11.5. The van der Waals surface area contributed by atoms with Gasteiger partial charge in [-0.25, -0.2) is 14.4 Å². The number of aryl methyl sites for hydroxylation is 1. The third kappa shape index (κ3) is 5.92. The molecule has 0 saturated carbocycles. The molecule has 5 rings (SSSR count). The number of amides is 1. The number of hydrogen-bond acceptors (Lipinski definition) is 9. The Morgan fingerprint density at radius 1 is 1.31 bits per heavy atom. The number of hydrogen-bond donors (Lipinski definition) is 2. The lowest BCUT2D eigenvalue weighted by molar-refractivity contribution is -0.113. The zero-order valence-corrected chi connectivity index (χ0v) is 20.9. The molecule has 2 aliphatic rings. The maximum absolute atomic E-state index is 14.6. The molecule has 2 aliphatic heterocycles. The molecule has 0 unspecified atom stereocenters. The molecule has 11 heteroatoms. The van der Waals surface area contributed by atoms with Crippen LogP contribution in [0.3, 0.4) is 0 Å². The monoisotopic (exact) mass is 512 g/mol. The predicted molar refractivity (Wildman–Crippen MR) is 136 cm³/mol. The van der Waals surface area contributed by atoms with Crippen LogP contribution in [0.5, 0.6) is 5.88 Å². The lowest BCUT2D eigenvalue weighted by Gasteiger charge is -2.33. The van der Waals surface area contributed by atoms with Gasteiger partial charge in [0.1, 0.15) is 11.6 Å². The molecule has 1 saturated heterocycles. The average molecular weight is 513 g/mol. The van der Waals surface area contributed by atoms with Crippen molar-refractivity contribution in [3.63, 3.8) is 0 Å². The third-order valence-corrected chi connectivity index (χ3v) is 7.33. The number of carbonyl (C=O) groups excluding carboxylic acids is 1. The SMILES string of the molecule is COc1ccc2ncc(F)c(CCCN3CCO[C@@H](CNCc4ccc5c(n4)NC(=O)CS5)C3)c2n1. The Morgan fingerprint density at radius 3 is 3.11 bits per heavy atom. The molecule has 2 N–H and O–H groups in total. The largest absolute Gasteiger partial charge is 0.481 e. The van der Waals surface area contributed by atoms with E-state index in [4.69, 9.17) is 9.47 Å². The number of thioether (sulfide) groups is 1. The Balaban J connectivity index is 1.10. The number of anilines is 1. The van der Waals surface area contributed by atoms with Gasteiger partial charge in [-0.15, -0.1) is 11.8 Å². The lowest BCUT2D eigenvalue weighted by Crippen LogP contribution is -2.46. The number of nitrogens with one attached hydrogen (secondary N) is 2. The fourth-order valence-corrected chi connectivity index (χ4v) is 5.24. The Kier molecular flexibility index (Phi) is 7.90. The number of pyridine rings is 3. The molecule has 190 valence electrons. The molecular weight excluding hydrogens is 483 g/mol. The highest BCUT2D eigenvalue weighted by atomic mass is 32.2. The van der Waals surface area contributed by atoms with Gasteiger partial charge in [0.05, 0.1) is 53.4 Å². The van der Waals surface area contributed by atoms with Crippen LogP contribution < -0.4 is 15.4 Å². The predicted octanol–water partition coefficient (Wildman–Crippen LogP) is 2.64. The van der Waals surface area contributed by atoms with E-state index in [0.29, 0.717) is 60.2 Å². The Labute approximate surface area is 213 Å². The second-order valence-electron chi connectivity index (χ2n) is 8.82. The number of carbonyl (C=O) groups is 1. The van der Waals surface area contributed by atoms with Gasteiger partial charge in [0.25, 0.3) is 0 Å². The van der Waals surface area contributed by atoms with Crippen molar-refractivity contribution in [3.05, 3.63) is 47.5 Å². The summed E-state index contributed by atoms with van der Waals surface area (Å²) in [5, 5.41) is 6.25. The Hall–Kier alpha value is -2.86. The van der Waals surface area contributed by atoms with Gasteiger partial charge in [0, 0.05) is 37.8 Å². The minimum Gasteiger partial charge on any atom is -0.481 e. The summed E-state index contributed by atoms with van der Waals surface area (Å²) >= 11 is 1.51. The van der Waals surface area contributed by atoms with Gasteiger partial charge in [-0.3, -0.25) is 14.7 Å². The van der Waals surface area contributed by atoms with Crippen LogP contribution in [0.4, 0.5) is 10.2 Å². The zero-order chi connectivity index (χ0) is 24.9. The lowest BCUT2D eigenvalue weighted by atomic mass is 10.1. The molecule has 5 heterocycles. The molecule has 0 radical (unpaired) electrons. The van der Waals surface area contributed by atoms with E-state index in [0.717, 1.165) is 36.6 Å². The fourth-order valence-electron chi connectivity index (χ4n) is 4.48. The maximum atomic E-state index is 14.6. The summed E-state index contributed by atoms with van der Waals surface area (Å²) in [6, 6.07) is 7.52. The van der Waals surface area contributed by atoms with Gasteiger partial charge in [-0.05, 0) is 37.6 Å². The van der Waals surface area contributed by atoms with Crippen molar-refractivity contribution in [1.29, 1.82) is 0 Å². The van der Waals surface area contributed by atoms with Crippen molar-refractivity contribution in [2.45, 2.75) is 30.4 Å². The number of rotatable bonds is 9. The number of nitrogens with zero attached hydrogens (tertiary/aromatic N) is 4. The topological polar surface area (TPSA) is 102 Å². The molecule has 0 aromatic carbocycles. The summed E-state index contributed by atoms with van der Waals surface area (Å²) < 4.78 is 25.7. The molecule has 1 atom stereocenters. The smallest absolute Gasteiger partial charge is 0.235 e. The number of methoxy groups -OCH3 is 1. The maximum Gasteiger partial charge on any atom is 0.235 e. The summed E-state index contributed by atoms with van der Waals surface area (Å²) in [6.45, 7) is 4.46. The van der Waals surface area contributed by atoms with Crippen LogP contribution >= 0.6 is 11.8 Å². The number of ether oxygens (including phenoxy) is 2. The van der Waals surface area contributed by atoms with Crippen LogP contribution in [0.15, 0.2) is 35.4 Å². The van der Waals surface area contributed by atoms with Gasteiger partial charge in [0.15, 0.2) is 0 Å². The summed E-state index contributed by atoms with van der Waals surface area (Å²) in [5.41, 5.74) is 2.69. The fraction of sp³-hybridized carbons (Fsp3) is 0.440. The van der Waals surface area contributed by atoms with Gasteiger partial charge >= 0.3 is 0 Å². The van der Waals surface area contributed by atoms with Crippen molar-refractivity contribution in [2.24, 2.45) is 0 Å². The quantitative estimate of drug-likeness (QED) is 0.448. The van der Waals surface area contributed by atoms with Crippen LogP contribution in [0, 0.1) is 5.82 Å². The highest BCUT2D eigenvalue weighted by molar-refractivity contribution is 8.00. The van der Waals surface area contributed by atoms with Crippen molar-refractivity contribution in [2.75, 3.05) is 51.0 Å². The molecule has 0 spiro atoms. The molecule has 0 bridgehead atoms. The number of morpholine rings is 1. The highest BCUT2D eigenvalue weighted by Gasteiger charge is 2.21. The van der Waals surface area contributed by atoms with Gasteiger partial charge < -0.3 is 20.1 Å². The molecule has 9 nitrogen and oxygen atoms in total. The van der Waals surface area contributed by atoms with Crippen molar-refractivity contribution < 1.29 is 18.7 Å². The second-order valence-corrected chi connectivity index (χ2v) is 9.84. The van der Waals surface area contributed by atoms with E-state index < -0.39 is 0 Å². The highest BCUT2D eigenvalue weighted by Crippen LogP contribution is 2.29. The molecule has 1 amide bonds. The normalized spacial score (nSPS) is 18.2. The van der Waals surface area contributed by atoms with Crippen LogP contribution in [0.25, 0.3) is 11.0 Å². The van der Waals surface area contributed by atoms with Gasteiger partial charge in [-0.1, -0.05) is 0 Å². The van der Waals surface area contributed by atoms with Crippen LogP contribution in [-0.4, -0.2) is 77.5 Å². The molecule has 3 aromatic rings. The minimum absolute atomic E-state index is 0.0170. The average Bonchev–Trinajstić information content (AvgIpc) is 2.89. The van der Waals surface area contributed by atoms with Crippen molar-refractivity contribution in [3.8, 4) is 5.88 Å². The Morgan fingerprint density at radius 2 is 2.22 bits per heavy atom. The first-order chi connectivity index (χ1) is 17.6. The summed E-state index contributed by atoms with van der Waals surface area (Å²) in [6.07, 6.45) is 2.71. The van der Waals surface area contributed by atoms with Crippen LogP contribution in [0.2, 0.25) is 0 Å². The number of aromatic nitrogens is 3. The van der Waals surface area contributed by atoms with E-state index in [2.05, 4.69) is 30.5 Å². The summed E-state index contributed by atoms with van der Waals surface area (Å²) in [4.78, 5) is 28.1. The molecule has 3 aromatic heterocycles. The zero-order valence-electron chi connectivity index (χ0n) is 20.1. The van der Waals surface area contributed by atoms with Gasteiger partial charge in [-0.2, -0.15) is 0 Å². The molecule has 0 aliphatic carbocycles. The van der Waals surface area contributed by atoms with E-state index in [9.17, 15) is 9.18 Å². The van der Waals surface area contributed by atoms with E-state index in [1.807, 2.05) is 12.1 Å². The standard InChI is InChI=1S/C25H29FN6O3S/c1-34-23-7-5-20-24(31-23)18(19(26)13-28-20)3-2-8-32-9-10-35-17(14-32)12-27-11-16-4-6-21-25(29-16)30-22(33)15-36-21/h4-7,13,17,27H,2-3,8-12,14-15H2,1H3,(H,29,30,33)/t17-/m0/s1. The molecule has 36 heavy (non-hydrogen) atoms. The summed E-state index contributed by atoms with van der Waals surface area (Å²) in [5.74, 6) is 1.18. The Bertz CT molecular complexity index is 1250. The van der Waals surface area contributed by atoms with Crippen molar-refractivity contribution >= 4 is 34.5 Å². The third-order valence-electron chi connectivity index (χ3n) is 6.28. The van der Waals surface area contributed by atoms with E-state index in [-0.39, 0.29) is 17.8 Å². The number of fused-ring (bicyclic) bond motifs is 2. The first-order valence-corrected chi connectivity index (χ1v) is 13.0. The number of halogens is 1. The summed E-state index contributed by atoms with van der Waals surface area (Å²) in [7, 11) is 1.55. The molecule has 1 fully saturated rings. The first kappa shape index (κ1) is 24.8. The van der Waals surface area contributed by atoms with E-state index in [1.165, 1.54) is 18.0 Å². The first-order valence-electron chi connectivity index (χ1n) is 12.0. The van der Waals surface area contributed by atoms with E-state index >= 15 is 0 Å². The van der Waals surface area contributed by atoms with Crippen LogP contribution in [-0.2, 0) is 22.5 Å². The van der Waals surface area contributed by atoms with Crippen LogP contribution in [0.1, 0.15) is 17.7 Å². The van der Waals surface area contributed by atoms with Gasteiger partial charge in [0.2, 0.25) is 11.8 Å².